The Morgan fingerprint density at radius 2 is 2.08 bits per heavy atom. The third kappa shape index (κ3) is 1.77. The molecular weight excluding hydrogens is 200 g/mol. The summed E-state index contributed by atoms with van der Waals surface area (Å²) in [6, 6.07) is 8.10. The molecule has 0 bridgehead atoms. The molecule has 0 aliphatic heterocycles. The lowest BCUT2D eigenvalue weighted by Crippen LogP contribution is -1.79. The van der Waals surface area contributed by atoms with Crippen LogP contribution in [0.3, 0.4) is 0 Å². The van der Waals surface area contributed by atoms with Crippen molar-refractivity contribution in [2.24, 2.45) is 0 Å². The molecule has 0 saturated carbocycles. The normalized spacial score (nSPS) is 10.3. The van der Waals surface area contributed by atoms with Gasteiger partial charge in [-0.25, -0.2) is 0 Å². The summed E-state index contributed by atoms with van der Waals surface area (Å²) in [6.07, 6.45) is 0. The molecule has 0 atom stereocenters. The number of benzene rings is 1. The first-order valence-corrected chi connectivity index (χ1v) is 5.38. The first-order valence-electron chi connectivity index (χ1n) is 4.06. The Balaban J connectivity index is 2.57. The van der Waals surface area contributed by atoms with Crippen molar-refractivity contribution in [1.29, 1.82) is 0 Å². The third-order valence-corrected chi connectivity index (χ3v) is 2.95. The van der Waals surface area contributed by atoms with Gasteiger partial charge in [0, 0.05) is 5.02 Å². The van der Waals surface area contributed by atoms with Crippen molar-refractivity contribution in [3.05, 3.63) is 45.6 Å². The summed E-state index contributed by atoms with van der Waals surface area (Å²) in [6.45, 7) is 2.10. The lowest BCUT2D eigenvalue weighted by Gasteiger charge is -2.03. The number of thiophene rings is 1. The predicted molar refractivity (Wildman–Crippen MR) is 59.5 cm³/mol. The standard InChI is InChI=1S/C11H9ClS/c1-8-2-3-10(12)6-11(8)9-4-5-13-7-9/h2-7H,1H3. The lowest BCUT2D eigenvalue weighted by atomic mass is 10.0. The van der Waals surface area contributed by atoms with Gasteiger partial charge in [-0.1, -0.05) is 17.7 Å². The molecule has 1 aromatic carbocycles. The summed E-state index contributed by atoms with van der Waals surface area (Å²) in [5, 5.41) is 5.01. The zero-order chi connectivity index (χ0) is 9.26. The number of halogens is 1. The van der Waals surface area contributed by atoms with Crippen LogP contribution in [0.15, 0.2) is 35.0 Å². The van der Waals surface area contributed by atoms with Crippen LogP contribution in [0.4, 0.5) is 0 Å². The molecule has 0 nitrogen and oxygen atoms in total. The van der Waals surface area contributed by atoms with Gasteiger partial charge in [0.2, 0.25) is 0 Å². The molecule has 0 N–H and O–H groups in total. The van der Waals surface area contributed by atoms with Gasteiger partial charge in [0.15, 0.2) is 0 Å². The van der Waals surface area contributed by atoms with Gasteiger partial charge in [0.25, 0.3) is 0 Å². The van der Waals surface area contributed by atoms with Crippen molar-refractivity contribution in [3.8, 4) is 11.1 Å². The molecule has 1 aromatic heterocycles. The molecule has 0 aliphatic carbocycles. The van der Waals surface area contributed by atoms with Crippen LogP contribution in [-0.4, -0.2) is 0 Å². The molecule has 0 unspecified atom stereocenters. The Hall–Kier alpha value is -0.790. The van der Waals surface area contributed by atoms with E-state index in [4.69, 9.17) is 11.6 Å². The van der Waals surface area contributed by atoms with E-state index in [-0.39, 0.29) is 0 Å². The van der Waals surface area contributed by atoms with E-state index < -0.39 is 0 Å². The van der Waals surface area contributed by atoms with E-state index in [1.165, 1.54) is 16.7 Å². The number of aryl methyl sites for hydroxylation is 1. The van der Waals surface area contributed by atoms with Crippen molar-refractivity contribution < 1.29 is 0 Å². The summed E-state index contributed by atoms with van der Waals surface area (Å²) in [5.74, 6) is 0. The van der Waals surface area contributed by atoms with Crippen LogP contribution >= 0.6 is 22.9 Å². The van der Waals surface area contributed by atoms with E-state index in [9.17, 15) is 0 Å². The van der Waals surface area contributed by atoms with E-state index in [0.29, 0.717) is 0 Å². The van der Waals surface area contributed by atoms with Crippen LogP contribution in [-0.2, 0) is 0 Å². The van der Waals surface area contributed by atoms with E-state index in [2.05, 4.69) is 29.8 Å². The molecular formula is C11H9ClS. The zero-order valence-electron chi connectivity index (χ0n) is 7.25. The second kappa shape index (κ2) is 3.52. The maximum atomic E-state index is 5.94. The molecule has 1 heterocycles. The molecule has 2 rings (SSSR count). The molecule has 0 amide bonds. The quantitative estimate of drug-likeness (QED) is 0.653. The maximum Gasteiger partial charge on any atom is 0.0412 e. The maximum absolute atomic E-state index is 5.94. The van der Waals surface area contributed by atoms with Crippen LogP contribution in [0.25, 0.3) is 11.1 Å². The average molecular weight is 209 g/mol. The van der Waals surface area contributed by atoms with Crippen LogP contribution < -0.4 is 0 Å². The summed E-state index contributed by atoms with van der Waals surface area (Å²) in [7, 11) is 0. The SMILES string of the molecule is Cc1ccc(Cl)cc1-c1ccsc1. The Morgan fingerprint density at radius 3 is 2.77 bits per heavy atom. The van der Waals surface area contributed by atoms with Gasteiger partial charge in [0.05, 0.1) is 0 Å². The van der Waals surface area contributed by atoms with Crippen molar-refractivity contribution >= 4 is 22.9 Å². The molecule has 66 valence electrons. The van der Waals surface area contributed by atoms with Crippen LogP contribution in [0.5, 0.6) is 0 Å². The topological polar surface area (TPSA) is 0 Å². The minimum absolute atomic E-state index is 0.798. The number of hydrogen-bond acceptors (Lipinski definition) is 1. The molecule has 13 heavy (non-hydrogen) atoms. The lowest BCUT2D eigenvalue weighted by molar-refractivity contribution is 1.47. The van der Waals surface area contributed by atoms with Gasteiger partial charge >= 0.3 is 0 Å². The summed E-state index contributed by atoms with van der Waals surface area (Å²) >= 11 is 7.64. The average Bonchev–Trinajstić information content (AvgIpc) is 2.61. The van der Waals surface area contributed by atoms with E-state index in [1.54, 1.807) is 11.3 Å². The summed E-state index contributed by atoms with van der Waals surface area (Å²) in [5.41, 5.74) is 3.75. The van der Waals surface area contributed by atoms with Gasteiger partial charge < -0.3 is 0 Å². The highest BCUT2D eigenvalue weighted by molar-refractivity contribution is 7.08. The summed E-state index contributed by atoms with van der Waals surface area (Å²) in [4.78, 5) is 0. The van der Waals surface area contributed by atoms with Crippen molar-refractivity contribution in [3.63, 3.8) is 0 Å². The Kier molecular flexibility index (Phi) is 2.38. The fourth-order valence-corrected chi connectivity index (χ4v) is 2.15. The molecule has 0 fully saturated rings. The van der Waals surface area contributed by atoms with Crippen molar-refractivity contribution in [2.45, 2.75) is 6.92 Å². The molecule has 2 heteroatoms. The van der Waals surface area contributed by atoms with Gasteiger partial charge in [-0.3, -0.25) is 0 Å². The Morgan fingerprint density at radius 1 is 1.23 bits per heavy atom. The van der Waals surface area contributed by atoms with E-state index >= 15 is 0 Å². The zero-order valence-corrected chi connectivity index (χ0v) is 8.82. The van der Waals surface area contributed by atoms with Crippen molar-refractivity contribution in [2.75, 3.05) is 0 Å². The number of rotatable bonds is 1. The first kappa shape index (κ1) is 8.79. The highest BCUT2D eigenvalue weighted by atomic mass is 35.5. The largest absolute Gasteiger partial charge is 0.152 e. The van der Waals surface area contributed by atoms with E-state index in [0.717, 1.165) is 5.02 Å². The van der Waals surface area contributed by atoms with Gasteiger partial charge in [0.1, 0.15) is 0 Å². The number of hydrogen-bond donors (Lipinski definition) is 0. The van der Waals surface area contributed by atoms with Crippen LogP contribution in [0, 0.1) is 6.92 Å². The van der Waals surface area contributed by atoms with Crippen LogP contribution in [0.1, 0.15) is 5.56 Å². The fraction of sp³-hybridized carbons (Fsp3) is 0.0909. The predicted octanol–water partition coefficient (Wildman–Crippen LogP) is 4.38. The van der Waals surface area contributed by atoms with Crippen LogP contribution in [0.2, 0.25) is 5.02 Å². The Bertz CT molecular complexity index is 404. The molecule has 0 radical (unpaired) electrons. The van der Waals surface area contributed by atoms with Gasteiger partial charge in [-0.15, -0.1) is 0 Å². The second-order valence-electron chi connectivity index (χ2n) is 2.97. The highest BCUT2D eigenvalue weighted by Gasteiger charge is 2.02. The Labute approximate surface area is 86.8 Å². The molecule has 0 aliphatic rings. The van der Waals surface area contributed by atoms with E-state index in [1.807, 2.05) is 12.1 Å². The van der Waals surface area contributed by atoms with Crippen molar-refractivity contribution in [1.82, 2.24) is 0 Å². The molecule has 0 spiro atoms. The molecule has 0 saturated heterocycles. The van der Waals surface area contributed by atoms with Gasteiger partial charge in [-0.05, 0) is 52.6 Å². The minimum Gasteiger partial charge on any atom is -0.152 e. The smallest absolute Gasteiger partial charge is 0.0412 e. The molecule has 2 aromatic rings. The first-order chi connectivity index (χ1) is 6.27. The monoisotopic (exact) mass is 208 g/mol. The van der Waals surface area contributed by atoms with Gasteiger partial charge in [-0.2, -0.15) is 11.3 Å². The second-order valence-corrected chi connectivity index (χ2v) is 4.19. The fourth-order valence-electron chi connectivity index (χ4n) is 1.32. The third-order valence-electron chi connectivity index (χ3n) is 2.03. The minimum atomic E-state index is 0.798. The summed E-state index contributed by atoms with van der Waals surface area (Å²) < 4.78 is 0. The highest BCUT2D eigenvalue weighted by Crippen LogP contribution is 2.27.